The first kappa shape index (κ1) is 10.8. The van der Waals surface area contributed by atoms with Gasteiger partial charge in [0.05, 0.1) is 6.61 Å². The molecule has 0 unspecified atom stereocenters. The lowest BCUT2D eigenvalue weighted by atomic mass is 10.2. The molecule has 0 rings (SSSR count). The van der Waals surface area contributed by atoms with Crippen molar-refractivity contribution in [2.75, 3.05) is 12.4 Å². The molecule has 0 spiro atoms. The number of hydrogen-bond acceptors (Lipinski definition) is 3. The molecule has 66 valence electrons. The van der Waals surface area contributed by atoms with Crippen LogP contribution in [0.15, 0.2) is 0 Å². The van der Waals surface area contributed by atoms with E-state index >= 15 is 0 Å². The Hall–Kier alpha value is -0.180. The minimum Gasteiger partial charge on any atom is -0.466 e. The van der Waals surface area contributed by atoms with Crippen LogP contribution in [0.25, 0.3) is 0 Å². The molecule has 2 nitrogen and oxygen atoms in total. The van der Waals surface area contributed by atoms with Crippen LogP contribution >= 0.6 is 12.6 Å². The van der Waals surface area contributed by atoms with Crippen molar-refractivity contribution < 1.29 is 9.53 Å². The van der Waals surface area contributed by atoms with Crippen molar-refractivity contribution >= 4 is 18.6 Å². The summed E-state index contributed by atoms with van der Waals surface area (Å²) in [4.78, 5) is 10.8. The molecule has 0 atom stereocenters. The molecule has 0 radical (unpaired) electrons. The van der Waals surface area contributed by atoms with Gasteiger partial charge >= 0.3 is 5.97 Å². The quantitative estimate of drug-likeness (QED) is 0.381. The number of ether oxygens (including phenoxy) is 1. The van der Waals surface area contributed by atoms with Crippen LogP contribution in [0.3, 0.4) is 0 Å². The number of carbonyl (C=O) groups excluding carboxylic acids is 1. The van der Waals surface area contributed by atoms with Crippen LogP contribution in [0, 0.1) is 0 Å². The molecule has 0 aliphatic rings. The summed E-state index contributed by atoms with van der Waals surface area (Å²) >= 11 is 4.07. The number of carbonyl (C=O) groups is 1. The van der Waals surface area contributed by atoms with E-state index in [-0.39, 0.29) is 5.97 Å². The minimum absolute atomic E-state index is 0.0772. The zero-order valence-corrected chi connectivity index (χ0v) is 7.90. The van der Waals surface area contributed by atoms with Crippen molar-refractivity contribution in [2.45, 2.75) is 32.6 Å². The van der Waals surface area contributed by atoms with Crippen LogP contribution in [0.5, 0.6) is 0 Å². The fourth-order valence-corrected chi connectivity index (χ4v) is 1.01. The average Bonchev–Trinajstić information content (AvgIpc) is 1.99. The minimum atomic E-state index is -0.0772. The van der Waals surface area contributed by atoms with E-state index in [9.17, 15) is 4.79 Å². The molecular weight excluding hydrogens is 160 g/mol. The largest absolute Gasteiger partial charge is 0.466 e. The first-order chi connectivity index (χ1) is 5.31. The van der Waals surface area contributed by atoms with E-state index in [0.717, 1.165) is 25.0 Å². The van der Waals surface area contributed by atoms with E-state index in [2.05, 4.69) is 12.6 Å². The van der Waals surface area contributed by atoms with Crippen molar-refractivity contribution in [3.8, 4) is 0 Å². The van der Waals surface area contributed by atoms with Gasteiger partial charge in [-0.1, -0.05) is 6.42 Å². The third-order valence-electron chi connectivity index (χ3n) is 1.34. The van der Waals surface area contributed by atoms with Crippen molar-refractivity contribution in [1.82, 2.24) is 0 Å². The highest BCUT2D eigenvalue weighted by Crippen LogP contribution is 2.01. The van der Waals surface area contributed by atoms with Gasteiger partial charge in [0, 0.05) is 6.42 Å². The molecule has 0 aliphatic carbocycles. The van der Waals surface area contributed by atoms with Gasteiger partial charge in [-0.3, -0.25) is 4.79 Å². The smallest absolute Gasteiger partial charge is 0.305 e. The molecule has 0 aromatic carbocycles. The molecule has 0 fully saturated rings. The maximum absolute atomic E-state index is 10.8. The number of esters is 1. The van der Waals surface area contributed by atoms with Gasteiger partial charge in [-0.15, -0.1) is 0 Å². The molecule has 3 heteroatoms. The number of unbranched alkanes of at least 4 members (excludes halogenated alkanes) is 2. The van der Waals surface area contributed by atoms with Gasteiger partial charge in [0.25, 0.3) is 0 Å². The van der Waals surface area contributed by atoms with E-state index in [1.807, 2.05) is 6.92 Å². The van der Waals surface area contributed by atoms with Crippen LogP contribution in [-0.2, 0) is 9.53 Å². The number of hydrogen-bond donors (Lipinski definition) is 1. The van der Waals surface area contributed by atoms with Crippen molar-refractivity contribution in [3.05, 3.63) is 0 Å². The Bertz CT molecular complexity index is 104. The third kappa shape index (κ3) is 7.72. The lowest BCUT2D eigenvalue weighted by Crippen LogP contribution is -2.03. The van der Waals surface area contributed by atoms with Gasteiger partial charge in [0.15, 0.2) is 0 Å². The van der Waals surface area contributed by atoms with Crippen molar-refractivity contribution in [2.24, 2.45) is 0 Å². The maximum atomic E-state index is 10.8. The molecular formula is C8H16O2S. The molecule has 0 heterocycles. The fraction of sp³-hybridized carbons (Fsp3) is 0.875. The van der Waals surface area contributed by atoms with E-state index in [1.54, 1.807) is 0 Å². The Morgan fingerprint density at radius 2 is 2.09 bits per heavy atom. The lowest BCUT2D eigenvalue weighted by Gasteiger charge is -1.99. The second kappa shape index (κ2) is 7.92. The predicted molar refractivity (Wildman–Crippen MR) is 49.0 cm³/mol. The highest BCUT2D eigenvalue weighted by atomic mass is 32.1. The summed E-state index contributed by atoms with van der Waals surface area (Å²) in [6, 6.07) is 0. The number of thiol groups is 1. The average molecular weight is 176 g/mol. The van der Waals surface area contributed by atoms with Crippen molar-refractivity contribution in [3.63, 3.8) is 0 Å². The summed E-state index contributed by atoms with van der Waals surface area (Å²) in [5.74, 6) is 0.828. The molecule has 0 aliphatic heterocycles. The molecule has 0 saturated carbocycles. The van der Waals surface area contributed by atoms with Gasteiger partial charge in [0.2, 0.25) is 0 Å². The summed E-state index contributed by atoms with van der Waals surface area (Å²) in [6.07, 6.45) is 3.64. The summed E-state index contributed by atoms with van der Waals surface area (Å²) in [6.45, 7) is 2.32. The predicted octanol–water partition coefficient (Wildman–Crippen LogP) is 2.04. The monoisotopic (exact) mass is 176 g/mol. The second-order valence-corrected chi connectivity index (χ2v) is 2.79. The van der Waals surface area contributed by atoms with Crippen LogP contribution in [-0.4, -0.2) is 18.3 Å². The first-order valence-corrected chi connectivity index (χ1v) is 4.71. The second-order valence-electron chi connectivity index (χ2n) is 2.34. The van der Waals surface area contributed by atoms with E-state index < -0.39 is 0 Å². The van der Waals surface area contributed by atoms with Gasteiger partial charge < -0.3 is 4.74 Å². The van der Waals surface area contributed by atoms with E-state index in [0.29, 0.717) is 13.0 Å². The molecule has 0 saturated heterocycles. The van der Waals surface area contributed by atoms with Gasteiger partial charge in [-0.05, 0) is 25.5 Å². The van der Waals surface area contributed by atoms with Crippen LogP contribution in [0.2, 0.25) is 0 Å². The Balaban J connectivity index is 3.04. The molecule has 0 aromatic heterocycles. The first-order valence-electron chi connectivity index (χ1n) is 4.07. The standard InChI is InChI=1S/C8H16O2S/c1-2-10-8(9)6-4-3-5-7-11/h11H,2-7H2,1H3. The molecule has 0 bridgehead atoms. The van der Waals surface area contributed by atoms with Crippen LogP contribution in [0.1, 0.15) is 32.6 Å². The maximum Gasteiger partial charge on any atom is 0.305 e. The third-order valence-corrected chi connectivity index (χ3v) is 1.66. The Morgan fingerprint density at radius 1 is 1.36 bits per heavy atom. The SMILES string of the molecule is CCOC(=O)CCCCCS. The highest BCUT2D eigenvalue weighted by molar-refractivity contribution is 7.80. The Kier molecular flexibility index (Phi) is 7.79. The molecule has 11 heavy (non-hydrogen) atoms. The molecule has 0 aromatic rings. The Labute approximate surface area is 73.7 Å². The van der Waals surface area contributed by atoms with Crippen molar-refractivity contribution in [1.29, 1.82) is 0 Å². The highest BCUT2D eigenvalue weighted by Gasteiger charge is 1.99. The van der Waals surface area contributed by atoms with Gasteiger partial charge in [0.1, 0.15) is 0 Å². The summed E-state index contributed by atoms with van der Waals surface area (Å²) in [5.41, 5.74) is 0. The zero-order chi connectivity index (χ0) is 8.53. The molecule has 0 N–H and O–H groups in total. The summed E-state index contributed by atoms with van der Waals surface area (Å²) < 4.78 is 4.76. The summed E-state index contributed by atoms with van der Waals surface area (Å²) in [7, 11) is 0. The summed E-state index contributed by atoms with van der Waals surface area (Å²) in [5, 5.41) is 0. The normalized spacial score (nSPS) is 9.64. The van der Waals surface area contributed by atoms with Gasteiger partial charge in [-0.2, -0.15) is 12.6 Å². The van der Waals surface area contributed by atoms with E-state index in [4.69, 9.17) is 4.74 Å². The lowest BCUT2D eigenvalue weighted by molar-refractivity contribution is -0.143. The number of rotatable bonds is 6. The topological polar surface area (TPSA) is 26.3 Å². The molecule has 0 amide bonds. The Morgan fingerprint density at radius 3 is 2.64 bits per heavy atom. The fourth-order valence-electron chi connectivity index (χ4n) is 0.791. The van der Waals surface area contributed by atoms with Crippen LogP contribution in [0.4, 0.5) is 0 Å². The zero-order valence-electron chi connectivity index (χ0n) is 7.01. The van der Waals surface area contributed by atoms with Crippen LogP contribution < -0.4 is 0 Å². The van der Waals surface area contributed by atoms with Gasteiger partial charge in [-0.25, -0.2) is 0 Å². The van der Waals surface area contributed by atoms with E-state index in [1.165, 1.54) is 0 Å².